The Balaban J connectivity index is 1.91. The van der Waals surface area contributed by atoms with Gasteiger partial charge in [0.2, 0.25) is 0 Å². The molecule has 3 aromatic heterocycles. The van der Waals surface area contributed by atoms with Gasteiger partial charge in [-0.15, -0.1) is 0 Å². The Morgan fingerprint density at radius 2 is 1.93 bits per heavy atom. The third-order valence-electron chi connectivity index (χ3n) is 3.65. The number of hydrogen-bond acceptors (Lipinski definition) is 6. The van der Waals surface area contributed by atoms with Gasteiger partial charge in [0.05, 0.1) is 29.8 Å². The van der Waals surface area contributed by atoms with Gasteiger partial charge in [0.1, 0.15) is 29.3 Å². The van der Waals surface area contributed by atoms with Gasteiger partial charge >= 0.3 is 0 Å². The number of rotatable bonds is 5. The van der Waals surface area contributed by atoms with Gasteiger partial charge in [-0.1, -0.05) is 0 Å². The smallest absolute Gasteiger partial charge is 0.170 e. The molecule has 0 aliphatic heterocycles. The van der Waals surface area contributed by atoms with Gasteiger partial charge in [0.15, 0.2) is 11.6 Å². The van der Waals surface area contributed by atoms with Gasteiger partial charge in [-0.2, -0.15) is 5.26 Å². The Hall–Kier alpha value is -3.61. The van der Waals surface area contributed by atoms with E-state index in [1.165, 1.54) is 6.33 Å². The summed E-state index contributed by atoms with van der Waals surface area (Å²) in [4.78, 5) is 11.8. The second-order valence-electron chi connectivity index (χ2n) is 5.76. The highest BCUT2D eigenvalue weighted by molar-refractivity contribution is 5.61. The number of hydrogen-bond donors (Lipinski definition) is 2. The van der Waals surface area contributed by atoms with Crippen LogP contribution in [-0.2, 0) is 7.05 Å². The molecule has 138 valence electrons. The minimum Gasteiger partial charge on any atom is -0.361 e. The van der Waals surface area contributed by atoms with Gasteiger partial charge in [0.25, 0.3) is 0 Å². The molecule has 3 heterocycles. The molecule has 0 saturated heterocycles. The van der Waals surface area contributed by atoms with Crippen LogP contribution in [0.4, 0.5) is 30.6 Å². The highest BCUT2D eigenvalue weighted by Gasteiger charge is 2.18. The number of nitrogens with one attached hydrogen (secondary N) is 2. The average Bonchev–Trinajstić information content (AvgIpc) is 3.02. The van der Waals surface area contributed by atoms with Crippen molar-refractivity contribution in [3.8, 4) is 6.07 Å². The minimum atomic E-state index is -0.845. The van der Waals surface area contributed by atoms with Crippen molar-refractivity contribution in [3.05, 3.63) is 59.6 Å². The normalized spacial score (nSPS) is 11.7. The number of nitriles is 1. The molecule has 0 aliphatic rings. The second-order valence-corrected chi connectivity index (χ2v) is 5.76. The Morgan fingerprint density at radius 3 is 2.56 bits per heavy atom. The van der Waals surface area contributed by atoms with Crippen LogP contribution in [0.2, 0.25) is 0 Å². The zero-order chi connectivity index (χ0) is 19.6. The monoisotopic (exact) mass is 373 g/mol. The summed E-state index contributed by atoms with van der Waals surface area (Å²) in [6, 6.07) is 2.78. The minimum absolute atomic E-state index is 0.0235. The number of nitrogens with zero attached hydrogens (tertiary/aromatic N) is 5. The van der Waals surface area contributed by atoms with E-state index in [1.807, 2.05) is 6.07 Å². The van der Waals surface area contributed by atoms with Crippen LogP contribution < -0.4 is 10.6 Å². The third kappa shape index (κ3) is 3.98. The molecule has 0 aliphatic carbocycles. The molecule has 10 heteroatoms. The van der Waals surface area contributed by atoms with Crippen molar-refractivity contribution in [2.45, 2.75) is 13.0 Å². The molecule has 0 radical (unpaired) electrons. The summed E-state index contributed by atoms with van der Waals surface area (Å²) < 4.78 is 42.8. The van der Waals surface area contributed by atoms with Crippen molar-refractivity contribution in [2.24, 2.45) is 7.05 Å². The quantitative estimate of drug-likeness (QED) is 0.712. The van der Waals surface area contributed by atoms with Gasteiger partial charge in [-0.3, -0.25) is 4.98 Å². The molecule has 1 unspecified atom stereocenters. The van der Waals surface area contributed by atoms with E-state index < -0.39 is 23.5 Å². The summed E-state index contributed by atoms with van der Waals surface area (Å²) in [6.07, 6.45) is 4.02. The van der Waals surface area contributed by atoms with Crippen molar-refractivity contribution in [2.75, 3.05) is 10.6 Å². The summed E-state index contributed by atoms with van der Waals surface area (Å²) in [6.45, 7) is 1.56. The Kier molecular flexibility index (Phi) is 4.94. The number of aromatic nitrogens is 4. The van der Waals surface area contributed by atoms with Crippen LogP contribution in [0.5, 0.6) is 0 Å². The summed E-state index contributed by atoms with van der Waals surface area (Å²) in [5.74, 6) is -2.17. The third-order valence-corrected chi connectivity index (χ3v) is 3.65. The largest absolute Gasteiger partial charge is 0.361 e. The zero-order valence-electron chi connectivity index (χ0n) is 14.3. The van der Waals surface area contributed by atoms with Crippen LogP contribution in [0.3, 0.4) is 0 Å². The Labute approximate surface area is 152 Å². The fourth-order valence-electron chi connectivity index (χ4n) is 2.39. The molecule has 3 aromatic rings. The predicted molar refractivity (Wildman–Crippen MR) is 91.6 cm³/mol. The van der Waals surface area contributed by atoms with Crippen LogP contribution in [0.1, 0.15) is 24.2 Å². The van der Waals surface area contributed by atoms with E-state index in [0.29, 0.717) is 11.9 Å². The molecular weight excluding hydrogens is 359 g/mol. The van der Waals surface area contributed by atoms with E-state index in [1.54, 1.807) is 24.7 Å². The van der Waals surface area contributed by atoms with Crippen LogP contribution in [0.15, 0.2) is 30.9 Å². The molecule has 3 rings (SSSR count). The zero-order valence-corrected chi connectivity index (χ0v) is 14.3. The lowest BCUT2D eigenvalue weighted by molar-refractivity contribution is 0.550. The van der Waals surface area contributed by atoms with E-state index >= 15 is 0 Å². The molecule has 0 amide bonds. The van der Waals surface area contributed by atoms with E-state index in [4.69, 9.17) is 0 Å². The molecule has 0 bridgehead atoms. The van der Waals surface area contributed by atoms with Crippen LogP contribution in [0, 0.1) is 28.8 Å². The van der Waals surface area contributed by atoms with Crippen LogP contribution >= 0.6 is 0 Å². The highest BCUT2D eigenvalue weighted by Crippen LogP contribution is 2.26. The number of anilines is 3. The maximum Gasteiger partial charge on any atom is 0.170 e. The van der Waals surface area contributed by atoms with Crippen molar-refractivity contribution in [1.82, 2.24) is 19.5 Å². The second kappa shape index (κ2) is 7.33. The standard InChI is InChI=1S/C17H14F3N7/c1-9(15-12(19)4-11(18)6-22-15)24-16-10(5-21)3-13(20)17(26-16)25-14-7-27(2)8-23-14/h3-4,6-9H,1-2H3,(H2,24,25,26). The molecule has 0 aromatic carbocycles. The fourth-order valence-corrected chi connectivity index (χ4v) is 2.39. The lowest BCUT2D eigenvalue weighted by Gasteiger charge is -2.16. The summed E-state index contributed by atoms with van der Waals surface area (Å²) in [5, 5.41) is 14.7. The van der Waals surface area contributed by atoms with Crippen molar-refractivity contribution < 1.29 is 13.2 Å². The lowest BCUT2D eigenvalue weighted by atomic mass is 10.2. The van der Waals surface area contributed by atoms with Gasteiger partial charge in [-0.05, 0) is 13.0 Å². The number of aryl methyl sites for hydroxylation is 1. The first-order valence-electron chi connectivity index (χ1n) is 7.80. The molecule has 27 heavy (non-hydrogen) atoms. The number of halogens is 3. The van der Waals surface area contributed by atoms with Crippen molar-refractivity contribution in [1.29, 1.82) is 5.26 Å². The van der Waals surface area contributed by atoms with E-state index in [-0.39, 0.29) is 22.9 Å². The summed E-state index contributed by atoms with van der Waals surface area (Å²) >= 11 is 0. The Bertz CT molecular complexity index is 1030. The van der Waals surface area contributed by atoms with E-state index in [2.05, 4.69) is 25.6 Å². The van der Waals surface area contributed by atoms with Crippen molar-refractivity contribution >= 4 is 17.5 Å². The Morgan fingerprint density at radius 1 is 1.15 bits per heavy atom. The van der Waals surface area contributed by atoms with Gasteiger partial charge < -0.3 is 15.2 Å². The maximum atomic E-state index is 14.2. The highest BCUT2D eigenvalue weighted by atomic mass is 19.1. The summed E-state index contributed by atoms with van der Waals surface area (Å²) in [5.41, 5.74) is -0.140. The van der Waals surface area contributed by atoms with Crippen molar-refractivity contribution in [3.63, 3.8) is 0 Å². The number of pyridine rings is 2. The fraction of sp³-hybridized carbons (Fsp3) is 0.176. The van der Waals surface area contributed by atoms with E-state index in [0.717, 1.165) is 12.3 Å². The summed E-state index contributed by atoms with van der Waals surface area (Å²) in [7, 11) is 1.75. The molecule has 7 nitrogen and oxygen atoms in total. The van der Waals surface area contributed by atoms with Gasteiger partial charge in [-0.25, -0.2) is 23.1 Å². The topological polar surface area (TPSA) is 91.5 Å². The average molecular weight is 373 g/mol. The number of imidazole rings is 1. The molecule has 1 atom stereocenters. The molecule has 0 spiro atoms. The molecular formula is C17H14F3N7. The predicted octanol–water partition coefficient (Wildman–Crippen LogP) is 3.42. The first-order chi connectivity index (χ1) is 12.9. The van der Waals surface area contributed by atoms with Crippen LogP contribution in [-0.4, -0.2) is 19.5 Å². The first kappa shape index (κ1) is 18.2. The molecule has 0 fully saturated rings. The SMILES string of the molecule is CC(Nc1nc(Nc2cn(C)cn2)c(F)cc1C#N)c1ncc(F)cc1F. The van der Waals surface area contributed by atoms with Gasteiger partial charge in [0, 0.05) is 19.3 Å². The molecule has 2 N–H and O–H groups in total. The first-order valence-corrected chi connectivity index (χ1v) is 7.80. The molecule has 0 saturated carbocycles. The van der Waals surface area contributed by atoms with E-state index in [9.17, 15) is 18.4 Å². The maximum absolute atomic E-state index is 14.2. The lowest BCUT2D eigenvalue weighted by Crippen LogP contribution is -2.14. The van der Waals surface area contributed by atoms with Crippen LogP contribution in [0.25, 0.3) is 0 Å².